The van der Waals surface area contributed by atoms with Crippen LogP contribution in [-0.4, -0.2) is 52.2 Å². The van der Waals surface area contributed by atoms with Crippen molar-refractivity contribution in [3.05, 3.63) is 64.8 Å². The molecule has 1 aliphatic rings. The number of Topliss-reactive ketones (excluding diaryl/α,β-unsaturated/α-hetero) is 1. The molecule has 0 saturated carbocycles. The average molecular weight is 476 g/mol. The lowest BCUT2D eigenvalue weighted by atomic mass is 9.96. The van der Waals surface area contributed by atoms with Crippen LogP contribution in [-0.2, 0) is 11.3 Å². The molecule has 6 heteroatoms. The number of aryl methyl sites for hydroxylation is 2. The molecule has 1 amide bonds. The molecule has 1 fully saturated rings. The number of hydrogen-bond donors (Lipinski definition) is 0. The monoisotopic (exact) mass is 475 g/mol. The first kappa shape index (κ1) is 25.1. The molecule has 0 spiro atoms. The van der Waals surface area contributed by atoms with Crippen LogP contribution in [0.1, 0.15) is 71.4 Å². The molecule has 0 radical (unpaired) electrons. The minimum atomic E-state index is 0.122. The predicted octanol–water partition coefficient (Wildman–Crippen LogP) is 5.59. The Bertz CT molecular complexity index is 1170. The molecule has 0 atom stereocenters. The van der Waals surface area contributed by atoms with Gasteiger partial charge >= 0.3 is 0 Å². The zero-order valence-corrected chi connectivity index (χ0v) is 21.4. The minimum Gasteiger partial charge on any atom is -0.379 e. The van der Waals surface area contributed by atoms with Gasteiger partial charge in [-0.05, 0) is 82.7 Å². The van der Waals surface area contributed by atoms with Gasteiger partial charge in [-0.3, -0.25) is 14.3 Å². The van der Waals surface area contributed by atoms with Crippen molar-refractivity contribution < 1.29 is 14.3 Å². The largest absolute Gasteiger partial charge is 0.379 e. The van der Waals surface area contributed by atoms with Crippen molar-refractivity contribution in [2.45, 2.75) is 66.0 Å². The van der Waals surface area contributed by atoms with Crippen LogP contribution in [0, 0.1) is 19.8 Å². The molecule has 2 heterocycles. The molecule has 1 saturated heterocycles. The lowest BCUT2D eigenvalue weighted by molar-refractivity contribution is 0.0681. The number of ether oxygens (including phenoxy) is 1. The summed E-state index contributed by atoms with van der Waals surface area (Å²) in [5, 5.41) is 5.82. The van der Waals surface area contributed by atoms with Gasteiger partial charge in [0.2, 0.25) is 0 Å². The van der Waals surface area contributed by atoms with Crippen LogP contribution in [0.5, 0.6) is 0 Å². The molecule has 3 aromatic rings. The van der Waals surface area contributed by atoms with Gasteiger partial charge in [0.15, 0.2) is 5.78 Å². The number of benzene rings is 2. The second-order valence-electron chi connectivity index (χ2n) is 10.1. The third-order valence-corrected chi connectivity index (χ3v) is 6.95. The van der Waals surface area contributed by atoms with Crippen LogP contribution >= 0.6 is 0 Å². The van der Waals surface area contributed by atoms with Crippen LogP contribution in [0.4, 0.5) is 0 Å². The van der Waals surface area contributed by atoms with Crippen LogP contribution in [0.2, 0.25) is 0 Å². The van der Waals surface area contributed by atoms with Gasteiger partial charge in [-0.15, -0.1) is 0 Å². The highest BCUT2D eigenvalue weighted by Crippen LogP contribution is 2.25. The van der Waals surface area contributed by atoms with E-state index in [1.54, 1.807) is 0 Å². The zero-order chi connectivity index (χ0) is 24.9. The molecular weight excluding hydrogens is 438 g/mol. The Hall–Kier alpha value is -2.99. The topological polar surface area (TPSA) is 64.4 Å². The SMILES string of the molecule is Cc1ccc(C(=O)N2CCC(Cn3cc4c(C)c(C(=O)CCCOC(C)C)ccc4n3)CC2)cc1. The summed E-state index contributed by atoms with van der Waals surface area (Å²) in [5.74, 6) is 0.765. The fourth-order valence-electron chi connectivity index (χ4n) is 4.82. The first-order valence-corrected chi connectivity index (χ1v) is 12.8. The van der Waals surface area contributed by atoms with Crippen LogP contribution in [0.3, 0.4) is 0 Å². The van der Waals surface area contributed by atoms with Gasteiger partial charge in [-0.2, -0.15) is 5.10 Å². The van der Waals surface area contributed by atoms with Gasteiger partial charge in [0.1, 0.15) is 0 Å². The number of likely N-dealkylation sites (tertiary alicyclic amines) is 1. The van der Waals surface area contributed by atoms with Gasteiger partial charge in [-0.25, -0.2) is 0 Å². The average Bonchev–Trinajstić information content (AvgIpc) is 3.26. The quantitative estimate of drug-likeness (QED) is 0.299. The number of fused-ring (bicyclic) bond motifs is 1. The molecule has 2 aromatic carbocycles. The number of ketones is 1. The molecule has 0 unspecified atom stereocenters. The number of hydrogen-bond acceptors (Lipinski definition) is 4. The summed E-state index contributed by atoms with van der Waals surface area (Å²) in [7, 11) is 0. The third-order valence-electron chi connectivity index (χ3n) is 6.95. The van der Waals surface area contributed by atoms with Crippen molar-refractivity contribution in [1.29, 1.82) is 0 Å². The van der Waals surface area contributed by atoms with Crippen molar-refractivity contribution >= 4 is 22.6 Å². The summed E-state index contributed by atoms with van der Waals surface area (Å²) >= 11 is 0. The molecule has 186 valence electrons. The van der Waals surface area contributed by atoms with Gasteiger partial charge in [0, 0.05) is 55.4 Å². The molecule has 1 aliphatic heterocycles. The van der Waals surface area contributed by atoms with E-state index in [0.717, 1.165) is 72.1 Å². The predicted molar refractivity (Wildman–Crippen MR) is 139 cm³/mol. The number of carbonyl (C=O) groups is 2. The number of piperidine rings is 1. The van der Waals surface area contributed by atoms with Gasteiger partial charge in [0.25, 0.3) is 5.91 Å². The zero-order valence-electron chi connectivity index (χ0n) is 21.4. The first-order chi connectivity index (χ1) is 16.8. The second-order valence-corrected chi connectivity index (χ2v) is 10.1. The van der Waals surface area contributed by atoms with Gasteiger partial charge in [-0.1, -0.05) is 17.7 Å². The molecule has 4 rings (SSSR count). The van der Waals surface area contributed by atoms with Crippen molar-refractivity contribution in [1.82, 2.24) is 14.7 Å². The summed E-state index contributed by atoms with van der Waals surface area (Å²) in [6.07, 6.45) is 5.43. The Morgan fingerprint density at radius 1 is 1.06 bits per heavy atom. The smallest absolute Gasteiger partial charge is 0.253 e. The Morgan fingerprint density at radius 3 is 2.46 bits per heavy atom. The summed E-state index contributed by atoms with van der Waals surface area (Å²) in [4.78, 5) is 27.5. The van der Waals surface area contributed by atoms with E-state index in [0.29, 0.717) is 18.9 Å². The van der Waals surface area contributed by atoms with E-state index in [9.17, 15) is 9.59 Å². The third kappa shape index (κ3) is 6.17. The fourth-order valence-corrected chi connectivity index (χ4v) is 4.82. The van der Waals surface area contributed by atoms with E-state index >= 15 is 0 Å². The van der Waals surface area contributed by atoms with Gasteiger partial charge in [0.05, 0.1) is 11.6 Å². The molecule has 0 N–H and O–H groups in total. The van der Waals surface area contributed by atoms with E-state index in [1.807, 2.05) is 73.7 Å². The summed E-state index contributed by atoms with van der Waals surface area (Å²) < 4.78 is 7.58. The Balaban J connectivity index is 1.34. The lowest BCUT2D eigenvalue weighted by Gasteiger charge is -2.32. The number of aromatic nitrogens is 2. The van der Waals surface area contributed by atoms with Crippen molar-refractivity contribution in [2.75, 3.05) is 19.7 Å². The Morgan fingerprint density at radius 2 is 1.77 bits per heavy atom. The minimum absolute atomic E-state index is 0.122. The number of nitrogens with zero attached hydrogens (tertiary/aromatic N) is 3. The Labute approximate surface area is 208 Å². The highest BCUT2D eigenvalue weighted by Gasteiger charge is 2.24. The lowest BCUT2D eigenvalue weighted by Crippen LogP contribution is -2.39. The maximum atomic E-state index is 12.8. The first-order valence-electron chi connectivity index (χ1n) is 12.8. The van der Waals surface area contributed by atoms with E-state index in [1.165, 1.54) is 0 Å². The van der Waals surface area contributed by atoms with Crippen LogP contribution in [0.25, 0.3) is 10.9 Å². The van der Waals surface area contributed by atoms with E-state index < -0.39 is 0 Å². The number of amides is 1. The Kier molecular flexibility index (Phi) is 8.01. The fraction of sp³-hybridized carbons (Fsp3) is 0.483. The summed E-state index contributed by atoms with van der Waals surface area (Å²) in [6.45, 7) is 11.0. The molecule has 0 aliphatic carbocycles. The normalized spacial score (nSPS) is 14.7. The molecule has 35 heavy (non-hydrogen) atoms. The van der Waals surface area contributed by atoms with Crippen molar-refractivity contribution in [3.63, 3.8) is 0 Å². The second kappa shape index (κ2) is 11.2. The molecule has 0 bridgehead atoms. The van der Waals surface area contributed by atoms with Crippen LogP contribution in [0.15, 0.2) is 42.6 Å². The molecule has 1 aromatic heterocycles. The summed E-state index contributed by atoms with van der Waals surface area (Å²) in [5.41, 5.74) is 4.64. The maximum absolute atomic E-state index is 12.8. The molecule has 6 nitrogen and oxygen atoms in total. The van der Waals surface area contributed by atoms with Crippen molar-refractivity contribution in [3.8, 4) is 0 Å². The number of rotatable bonds is 9. The van der Waals surface area contributed by atoms with E-state index in [4.69, 9.17) is 9.84 Å². The highest BCUT2D eigenvalue weighted by molar-refractivity contribution is 6.01. The van der Waals surface area contributed by atoms with Crippen LogP contribution < -0.4 is 0 Å². The van der Waals surface area contributed by atoms with E-state index in [-0.39, 0.29) is 17.8 Å². The maximum Gasteiger partial charge on any atom is 0.253 e. The van der Waals surface area contributed by atoms with Gasteiger partial charge < -0.3 is 9.64 Å². The van der Waals surface area contributed by atoms with Crippen molar-refractivity contribution in [2.24, 2.45) is 5.92 Å². The highest BCUT2D eigenvalue weighted by atomic mass is 16.5. The number of carbonyl (C=O) groups excluding carboxylic acids is 2. The summed E-state index contributed by atoms with van der Waals surface area (Å²) in [6, 6.07) is 11.7. The standard InChI is InChI=1S/C29H37N3O3/c1-20(2)35-17-5-6-28(33)25-11-12-27-26(22(25)4)19-32(30-27)18-23-13-15-31(16-14-23)29(34)24-9-7-21(3)8-10-24/h7-12,19-20,23H,5-6,13-18H2,1-4H3. The molecular formula is C29H37N3O3. The van der Waals surface area contributed by atoms with E-state index in [2.05, 4.69) is 6.20 Å².